The molecule has 0 atom stereocenters. The molecule has 0 aromatic carbocycles. The first-order valence-electron chi connectivity index (χ1n) is 6.74. The van der Waals surface area contributed by atoms with Crippen LogP contribution in [0.2, 0.25) is 0 Å². The smallest absolute Gasteiger partial charge is 0.870 e. The summed E-state index contributed by atoms with van der Waals surface area (Å²) in [7, 11) is -39.9. The molecule has 44 nitrogen and oxygen atoms in total. The van der Waals surface area contributed by atoms with E-state index in [1.165, 1.54) is 0 Å². The Morgan fingerprint density at radius 3 is 0.171 bits per heavy atom. The van der Waals surface area contributed by atoms with Crippen LogP contribution >= 0.6 is 0 Å². The molecular weight excluding hydrogens is 1860 g/mol. The number of hydrogen-bond acceptors (Lipinski definition) is 44. The number of hydrogen-bond donors (Lipinski definition) is 0. The van der Waals surface area contributed by atoms with Gasteiger partial charge in [-0.25, -0.2) is 0 Å². The Labute approximate surface area is 769 Å². The van der Waals surface area contributed by atoms with Crippen LogP contribution in [-0.2, 0) is 100 Å². The summed E-state index contributed by atoms with van der Waals surface area (Å²) < 4.78 is 93.7. The molecule has 0 aliphatic heterocycles. The van der Waals surface area contributed by atoms with Crippen LogP contribution in [0.4, 0.5) is 0 Å². The van der Waals surface area contributed by atoms with Gasteiger partial charge in [0.1, 0.15) is 0 Å². The van der Waals surface area contributed by atoms with Crippen molar-refractivity contribution in [1.29, 1.82) is 0 Å². The second-order valence-electron chi connectivity index (χ2n) is 2.75. The van der Waals surface area contributed by atoms with Gasteiger partial charge in [-0.05, 0) is 0 Å². The van der Waals surface area contributed by atoms with Crippen molar-refractivity contribution in [3.63, 3.8) is 0 Å². The summed E-state index contributed by atoms with van der Waals surface area (Å²) >= 11 is 0. The van der Waals surface area contributed by atoms with Crippen LogP contribution in [-0.4, -0.2) is 429 Å². The van der Waals surface area contributed by atoms with Crippen LogP contribution < -0.4 is 260 Å². The Hall–Kier alpha value is 10.4. The predicted octanol–water partition coefficient (Wildman–Crippen LogP) is -46.0. The minimum absolute atomic E-state index is 0. The average molecular weight is 1870 g/mol. The van der Waals surface area contributed by atoms with E-state index in [0.29, 0.717) is 0 Å². The van der Waals surface area contributed by atoms with Gasteiger partial charge in [0.05, 0.1) is 0 Å². The van der Waals surface area contributed by atoms with Gasteiger partial charge in [0.2, 0.25) is 0 Å². The maximum absolute atomic E-state index is 8.52. The molecule has 0 heterocycles. The van der Waals surface area contributed by atoms with E-state index in [0.717, 1.165) is 0 Å². The molecule has 0 aliphatic carbocycles. The Balaban J connectivity index is -0.00000000471. The minimum Gasteiger partial charge on any atom is -0.870 e. The summed E-state index contributed by atoms with van der Waals surface area (Å²) in [6, 6.07) is 0. The molecule has 0 saturated carbocycles. The molecule has 70 heteroatoms. The zero-order valence-corrected chi connectivity index (χ0v) is 78.6. The van der Waals surface area contributed by atoms with Crippen LogP contribution in [0.1, 0.15) is 0 Å². The molecule has 11 N–H and O–H groups in total. The molecule has 0 bridgehead atoms. The van der Waals surface area contributed by atoms with Crippen LogP contribution in [0.25, 0.3) is 0 Å². The summed E-state index contributed by atoms with van der Waals surface area (Å²) in [5, 5.41) is 0. The van der Waals surface area contributed by atoms with Gasteiger partial charge in [-0.3, -0.25) is 0 Å². The van der Waals surface area contributed by atoms with Crippen molar-refractivity contribution in [2.45, 2.75) is 0 Å². The molecule has 0 amide bonds. The van der Waals surface area contributed by atoms with Crippen molar-refractivity contribution < 1.29 is 420 Å². The average Bonchev–Trinajstić information content (AvgIpc) is 2.55. The zero-order valence-electron chi connectivity index (χ0n) is 33.9. The fraction of sp³-hybridized carbons (Fsp3) is 0. The van der Waals surface area contributed by atoms with E-state index in [-0.39, 0.29) is 533 Å². The summed E-state index contributed by atoms with van der Waals surface area (Å²) in [6.07, 6.45) is 0. The zero-order chi connectivity index (χ0) is 39.4. The van der Waals surface area contributed by atoms with Crippen molar-refractivity contribution in [2.24, 2.45) is 0 Å². The van der Waals surface area contributed by atoms with Gasteiger partial charge >= 0.3 is 473 Å². The van der Waals surface area contributed by atoms with Gasteiger partial charge in [-0.15, -0.1) is 0 Å². The van der Waals surface area contributed by atoms with Crippen LogP contribution in [0.15, 0.2) is 0 Å². The second-order valence-corrected chi connectivity index (χ2v) is 8.25. The third kappa shape index (κ3) is 4330. The van der Waals surface area contributed by atoms with Crippen molar-refractivity contribution in [3.05, 3.63) is 0 Å². The van der Waals surface area contributed by atoms with E-state index in [9.17, 15) is 0 Å². The summed E-state index contributed by atoms with van der Waals surface area (Å²) in [6.45, 7) is 0. The maximum Gasteiger partial charge on any atom is 3.00 e. The Kier molecular flexibility index (Phi) is 996. The molecule has 0 aromatic rings. The Morgan fingerprint density at radius 2 is 0.171 bits per heavy atom. The summed E-state index contributed by atoms with van der Waals surface area (Å²) in [5.41, 5.74) is 0. The molecule has 0 fully saturated rings. The third-order valence-corrected chi connectivity index (χ3v) is 0. The molecule has 0 spiro atoms. The van der Waals surface area contributed by atoms with Crippen molar-refractivity contribution in [2.75, 3.05) is 0 Å². The van der Waals surface area contributed by atoms with E-state index in [1.807, 2.05) is 0 Å². The van der Waals surface area contributed by atoms with Gasteiger partial charge in [0, 0.05) is 101 Å². The molecule has 0 unspecified atom stereocenters. The minimum atomic E-state index is -3.63. The van der Waals surface area contributed by atoms with E-state index in [1.54, 1.807) is 0 Å². The van der Waals surface area contributed by atoms with Crippen molar-refractivity contribution >= 4 is 369 Å². The largest absolute Gasteiger partial charge is 3.00 e. The predicted molar refractivity (Wildman–Crippen MR) is 144 cm³/mol. The molecule has 367 valence electrons. The van der Waals surface area contributed by atoms with Gasteiger partial charge in [0.15, 0.2) is 0 Å². The fourth-order valence-electron chi connectivity index (χ4n) is 0. The fourth-order valence-corrected chi connectivity index (χ4v) is 0. The van der Waals surface area contributed by atoms with Gasteiger partial charge in [-0.1, -0.05) is 0 Å². The second kappa shape index (κ2) is 259. The monoisotopic (exact) mass is 1870 g/mol. The molecule has 0 rings (SSSR count). The van der Waals surface area contributed by atoms with Gasteiger partial charge in [-0.2, -0.15) is 0 Å². The topological polar surface area (TPSA) is 1030 Å². The molecule has 0 saturated heterocycles. The van der Waals surface area contributed by atoms with Crippen LogP contribution in [0.5, 0.6) is 0 Å². The molecule has 3 radical (unpaired) electrons. The first-order chi connectivity index (χ1) is 19.1. The summed E-state index contributed by atoms with van der Waals surface area (Å²) in [5.74, 6) is 0. The third-order valence-electron chi connectivity index (χ3n) is 0. The van der Waals surface area contributed by atoms with Crippen molar-refractivity contribution in [3.8, 4) is 0 Å². The molecular formula is H11Al3Ba3Fe3K3Mg3O44Si11. The van der Waals surface area contributed by atoms with Crippen molar-refractivity contribution in [1.82, 2.24) is 0 Å². The Morgan fingerprint density at radius 1 is 0.171 bits per heavy atom. The van der Waals surface area contributed by atoms with Gasteiger partial charge in [0.25, 0.3) is 0 Å². The SMILES string of the molecule is O=[Si]([O-])[O-].O=[Si]([O-])[O-].O=[Si]([O-])[O-].O=[Si]([O-])[O-].O=[Si]([O-])[O-].O=[Si]([O-])[O-].O=[Si]([O-])[O-].O=[Si]([O-])[O-].O=[Si]([O-])[O-].O=[Si]([O-])[O-].O=[Si]([O-])[O-].[Al+3].[Al+3].[Al+3].[Ba+2].[Ba+2].[Ba+2].[Fe+3].[Fe+3].[Fe+3].[K+].[K+].[K+].[Mg+2].[Mg+2].[Mg+2].[OH-].[OH-].[OH-].[OH-].[OH-].[OH-].[OH-].[OH-].[OH-].[OH-].[OH-]. The van der Waals surface area contributed by atoms with E-state index in [4.69, 9.17) is 155 Å². The maximum atomic E-state index is 8.52. The van der Waals surface area contributed by atoms with Crippen LogP contribution in [0, 0.1) is 0 Å². The summed E-state index contributed by atoms with van der Waals surface area (Å²) in [4.78, 5) is 187. The van der Waals surface area contributed by atoms with Gasteiger partial charge < -0.3 is 215 Å². The standard InChI is InChI=1S/3Al.3Ba.3Fe.3K.3Mg.11O3Si.11H2O/c;;;;;;;;;;;;;;;11*1-4(2)3;;;;;;;;;;;/h;;;;;;;;;;;;;;;;;;;;;;;;;;11*1H2/q3*+3;3*+2;3*+3;3*+1;3*+2;11*-2;;;;;;;;;;;/p-11. The molecule has 0 aromatic heterocycles. The Bertz CT molecular complexity index is 609. The first-order valence-corrected chi connectivity index (χ1v) is 20.2. The number of rotatable bonds is 0. The first kappa shape index (κ1) is 269. The van der Waals surface area contributed by atoms with Crippen LogP contribution in [0.3, 0.4) is 0 Å². The molecule has 0 aliphatic rings. The quantitative estimate of drug-likeness (QED) is 0.203. The normalized spacial score (nSPS) is 3.77. The molecule has 70 heavy (non-hydrogen) atoms. The van der Waals surface area contributed by atoms with E-state index >= 15 is 0 Å². The van der Waals surface area contributed by atoms with E-state index < -0.39 is 101 Å². The van der Waals surface area contributed by atoms with E-state index in [2.05, 4.69) is 0 Å².